The maximum atomic E-state index is 10.2. The molecule has 1 atom stereocenters. The maximum absolute atomic E-state index is 10.2. The van der Waals surface area contributed by atoms with Crippen LogP contribution >= 0.6 is 0 Å². The summed E-state index contributed by atoms with van der Waals surface area (Å²) in [6.45, 7) is 3.38. The molecule has 19 heavy (non-hydrogen) atoms. The third-order valence-corrected chi connectivity index (χ3v) is 2.74. The highest BCUT2D eigenvalue weighted by molar-refractivity contribution is 5.39. The molecule has 0 saturated heterocycles. The van der Waals surface area contributed by atoms with Crippen molar-refractivity contribution in [3.63, 3.8) is 0 Å². The third-order valence-electron chi connectivity index (χ3n) is 2.74. The minimum absolute atomic E-state index is 0.682. The van der Waals surface area contributed by atoms with E-state index >= 15 is 0 Å². The van der Waals surface area contributed by atoms with Gasteiger partial charge in [0.25, 0.3) is 0 Å². The monoisotopic (exact) mass is 252 g/mol. The van der Waals surface area contributed by atoms with E-state index in [0.717, 1.165) is 11.3 Å². The first-order chi connectivity index (χ1) is 9.12. The molecule has 2 rings (SSSR count). The van der Waals surface area contributed by atoms with Crippen LogP contribution in [0.2, 0.25) is 0 Å². The molecular formula is C17H16O2. The number of ether oxygens (including phenoxy) is 1. The first-order valence-electron chi connectivity index (χ1n) is 6.11. The number of para-hydroxylation sites is 1. The Balaban J connectivity index is 2.27. The van der Waals surface area contributed by atoms with Crippen LogP contribution in [0, 0.1) is 11.8 Å². The summed E-state index contributed by atoms with van der Waals surface area (Å²) < 4.78 is 5.73. The van der Waals surface area contributed by atoms with E-state index in [1.54, 1.807) is 19.9 Å². The first kappa shape index (κ1) is 13.2. The van der Waals surface area contributed by atoms with Gasteiger partial charge >= 0.3 is 0 Å². The Labute approximate surface area is 113 Å². The largest absolute Gasteiger partial charge is 0.457 e. The predicted molar refractivity (Wildman–Crippen MR) is 76.0 cm³/mol. The van der Waals surface area contributed by atoms with Gasteiger partial charge in [0, 0.05) is 0 Å². The molecule has 0 heterocycles. The fourth-order valence-electron chi connectivity index (χ4n) is 1.80. The van der Waals surface area contributed by atoms with E-state index in [1.165, 1.54) is 0 Å². The van der Waals surface area contributed by atoms with Gasteiger partial charge in [-0.25, -0.2) is 0 Å². The lowest BCUT2D eigenvalue weighted by Gasteiger charge is -2.17. The molecule has 96 valence electrons. The maximum Gasteiger partial charge on any atom is 0.148 e. The van der Waals surface area contributed by atoms with Gasteiger partial charge in [0.15, 0.2) is 0 Å². The van der Waals surface area contributed by atoms with Crippen molar-refractivity contribution in [3.8, 4) is 23.3 Å². The van der Waals surface area contributed by atoms with Gasteiger partial charge in [0.1, 0.15) is 17.1 Å². The average Bonchev–Trinajstić information content (AvgIpc) is 2.40. The van der Waals surface area contributed by atoms with Crippen molar-refractivity contribution in [2.75, 3.05) is 0 Å². The lowest BCUT2D eigenvalue weighted by atomic mass is 9.96. The zero-order valence-electron chi connectivity index (χ0n) is 11.1. The van der Waals surface area contributed by atoms with Crippen LogP contribution < -0.4 is 4.74 Å². The van der Waals surface area contributed by atoms with E-state index in [4.69, 9.17) is 4.74 Å². The second-order valence-corrected chi connectivity index (χ2v) is 4.39. The molecule has 2 nitrogen and oxygen atoms in total. The van der Waals surface area contributed by atoms with Gasteiger partial charge in [0.05, 0.1) is 0 Å². The van der Waals surface area contributed by atoms with Crippen LogP contribution in [0.4, 0.5) is 0 Å². The Morgan fingerprint density at radius 1 is 1.00 bits per heavy atom. The van der Waals surface area contributed by atoms with E-state index in [-0.39, 0.29) is 0 Å². The standard InChI is InChI=1S/C17H16O2/c1-3-12-17(2,18)14-8-7-11-16(13-14)19-15-9-5-4-6-10-15/h4-11,13,18H,1-2H3. The first-order valence-corrected chi connectivity index (χ1v) is 6.11. The molecule has 0 aliphatic heterocycles. The molecule has 0 aliphatic rings. The zero-order valence-corrected chi connectivity index (χ0v) is 11.1. The van der Waals surface area contributed by atoms with Gasteiger partial charge in [-0.15, -0.1) is 5.92 Å². The molecule has 0 fully saturated rings. The van der Waals surface area contributed by atoms with Crippen molar-refractivity contribution in [1.29, 1.82) is 0 Å². The van der Waals surface area contributed by atoms with E-state index in [1.807, 2.05) is 48.5 Å². The average molecular weight is 252 g/mol. The fraction of sp³-hybridized carbons (Fsp3) is 0.176. The molecule has 0 radical (unpaired) electrons. The van der Waals surface area contributed by atoms with Gasteiger partial charge in [-0.2, -0.15) is 0 Å². The summed E-state index contributed by atoms with van der Waals surface area (Å²) in [6.07, 6.45) is 0. The molecule has 1 unspecified atom stereocenters. The normalized spacial score (nSPS) is 13.0. The van der Waals surface area contributed by atoms with Gasteiger partial charge in [-0.1, -0.05) is 36.3 Å². The minimum atomic E-state index is -1.16. The summed E-state index contributed by atoms with van der Waals surface area (Å²) in [5.41, 5.74) is -0.444. The van der Waals surface area contributed by atoms with Crippen LogP contribution in [-0.4, -0.2) is 5.11 Å². The van der Waals surface area contributed by atoms with Crippen LogP contribution in [0.5, 0.6) is 11.5 Å². The molecule has 0 aromatic heterocycles. The van der Waals surface area contributed by atoms with E-state index < -0.39 is 5.60 Å². The molecular weight excluding hydrogens is 236 g/mol. The van der Waals surface area contributed by atoms with Crippen LogP contribution in [0.3, 0.4) is 0 Å². The number of aliphatic hydroxyl groups is 1. The number of rotatable bonds is 3. The minimum Gasteiger partial charge on any atom is -0.457 e. The lowest BCUT2D eigenvalue weighted by Crippen LogP contribution is -2.18. The molecule has 0 saturated carbocycles. The summed E-state index contributed by atoms with van der Waals surface area (Å²) in [7, 11) is 0. The summed E-state index contributed by atoms with van der Waals surface area (Å²) in [5.74, 6) is 6.96. The Hall–Kier alpha value is -2.24. The fourth-order valence-corrected chi connectivity index (χ4v) is 1.80. The quantitative estimate of drug-likeness (QED) is 0.844. The second-order valence-electron chi connectivity index (χ2n) is 4.39. The van der Waals surface area contributed by atoms with Gasteiger partial charge in [-0.3, -0.25) is 0 Å². The summed E-state index contributed by atoms with van der Waals surface area (Å²) >= 11 is 0. The molecule has 0 bridgehead atoms. The van der Waals surface area contributed by atoms with Gasteiger partial charge in [-0.05, 0) is 43.7 Å². The Morgan fingerprint density at radius 2 is 1.68 bits per heavy atom. The van der Waals surface area contributed by atoms with Gasteiger partial charge in [0.2, 0.25) is 0 Å². The van der Waals surface area contributed by atoms with Crippen molar-refractivity contribution in [1.82, 2.24) is 0 Å². The molecule has 2 aromatic rings. The van der Waals surface area contributed by atoms with Crippen molar-refractivity contribution in [2.24, 2.45) is 0 Å². The number of hydrogen-bond acceptors (Lipinski definition) is 2. The molecule has 1 N–H and O–H groups in total. The molecule has 0 spiro atoms. The Morgan fingerprint density at radius 3 is 2.37 bits per heavy atom. The van der Waals surface area contributed by atoms with Crippen molar-refractivity contribution in [3.05, 3.63) is 60.2 Å². The summed E-state index contributed by atoms with van der Waals surface area (Å²) in [6, 6.07) is 16.9. The van der Waals surface area contributed by atoms with Gasteiger partial charge < -0.3 is 9.84 Å². The zero-order chi connectivity index (χ0) is 13.7. The number of benzene rings is 2. The highest BCUT2D eigenvalue weighted by atomic mass is 16.5. The van der Waals surface area contributed by atoms with Crippen LogP contribution in [0.15, 0.2) is 54.6 Å². The van der Waals surface area contributed by atoms with Crippen LogP contribution in [-0.2, 0) is 5.60 Å². The smallest absolute Gasteiger partial charge is 0.148 e. The topological polar surface area (TPSA) is 29.5 Å². The lowest BCUT2D eigenvalue weighted by molar-refractivity contribution is 0.122. The number of hydrogen-bond donors (Lipinski definition) is 1. The summed E-state index contributed by atoms with van der Waals surface area (Å²) in [5, 5.41) is 10.2. The van der Waals surface area contributed by atoms with Crippen LogP contribution in [0.25, 0.3) is 0 Å². The molecule has 2 aromatic carbocycles. The molecule has 0 amide bonds. The van der Waals surface area contributed by atoms with Crippen molar-refractivity contribution in [2.45, 2.75) is 19.4 Å². The second kappa shape index (κ2) is 5.60. The summed E-state index contributed by atoms with van der Waals surface area (Å²) in [4.78, 5) is 0. The Kier molecular flexibility index (Phi) is 3.89. The molecule has 0 aliphatic carbocycles. The third kappa shape index (κ3) is 3.37. The molecule has 2 heteroatoms. The predicted octanol–water partition coefficient (Wildman–Crippen LogP) is 3.71. The highest BCUT2D eigenvalue weighted by Gasteiger charge is 2.20. The van der Waals surface area contributed by atoms with Crippen LogP contribution in [0.1, 0.15) is 19.4 Å². The van der Waals surface area contributed by atoms with E-state index in [2.05, 4.69) is 11.8 Å². The van der Waals surface area contributed by atoms with E-state index in [0.29, 0.717) is 5.75 Å². The SMILES string of the molecule is CC#CC(C)(O)c1cccc(Oc2ccccc2)c1. The van der Waals surface area contributed by atoms with Crippen molar-refractivity contribution < 1.29 is 9.84 Å². The highest BCUT2D eigenvalue weighted by Crippen LogP contribution is 2.27. The van der Waals surface area contributed by atoms with Crippen molar-refractivity contribution >= 4 is 0 Å². The Bertz CT molecular complexity index is 604. The van der Waals surface area contributed by atoms with E-state index in [9.17, 15) is 5.11 Å².